The normalized spacial score (nSPS) is 24.6. The molecule has 16 heterocycles. The van der Waals surface area contributed by atoms with E-state index in [2.05, 4.69) is 168 Å². The van der Waals surface area contributed by atoms with Crippen LogP contribution in [0.3, 0.4) is 0 Å². The van der Waals surface area contributed by atoms with Gasteiger partial charge in [0.15, 0.2) is 11.4 Å². The summed E-state index contributed by atoms with van der Waals surface area (Å²) in [5, 5.41) is 27.0. The van der Waals surface area contributed by atoms with Crippen LogP contribution in [0.4, 0.5) is 0 Å². The van der Waals surface area contributed by atoms with E-state index in [9.17, 15) is 29.4 Å². The Labute approximate surface area is 547 Å². The first-order chi connectivity index (χ1) is 44.8. The first-order valence-corrected chi connectivity index (χ1v) is 33.8. The number of carbonyl (C=O) groups is 4. The molecule has 2 spiro atoms. The number of allylic oxidation sites excluding steroid dienone is 8. The number of aromatic nitrogens is 4. The van der Waals surface area contributed by atoms with Gasteiger partial charge >= 0.3 is 35.7 Å². The smallest absolute Gasteiger partial charge is 0.469 e. The molecule has 4 aromatic rings. The number of ether oxygens (including phenoxy) is 4. The van der Waals surface area contributed by atoms with Crippen molar-refractivity contribution < 1.29 is 66.6 Å². The van der Waals surface area contributed by atoms with Crippen LogP contribution in [0.2, 0.25) is 0 Å². The lowest BCUT2D eigenvalue weighted by Crippen LogP contribution is -2.70. The van der Waals surface area contributed by atoms with Gasteiger partial charge in [-0.05, 0) is 138 Å². The molecule has 8 unspecified atom stereocenters. The van der Waals surface area contributed by atoms with Gasteiger partial charge in [-0.2, -0.15) is 18.3 Å². The van der Waals surface area contributed by atoms with Crippen molar-refractivity contribution in [2.75, 3.05) is 28.4 Å². The van der Waals surface area contributed by atoms with E-state index >= 15 is 0 Å². The maximum atomic E-state index is 12.5. The SMILES string of the molecule is COC(=O)CCC1=C(C)C2=[N+]3C1=CC1=[N+]4C(=Cc5c(C)c(C(C)C)c6n5C34n3c(c(C)c(C(C)C)c3=C2)=C6)C(C)C1CCC(=O)OC.COC(=O)CCC1=C(C)C2=[N+]3C1=CC1=[N+]4C(=Cc5c(C)c(C(C)O)c6n5C34n3c(c(C)c(C(C)O)c3=C2)=C6)C(C)C1CCC(=O)OC. The predicted octanol–water partition coefficient (Wildman–Crippen LogP) is 7.59. The molecule has 0 amide bonds. The molecule has 0 saturated heterocycles. The molecule has 12 aliphatic heterocycles. The van der Waals surface area contributed by atoms with Crippen LogP contribution in [0.25, 0.3) is 36.5 Å². The van der Waals surface area contributed by atoms with Gasteiger partial charge in [0.05, 0.1) is 121 Å². The number of esters is 4. The van der Waals surface area contributed by atoms with Gasteiger partial charge in [-0.1, -0.05) is 59.8 Å². The fourth-order valence-electron chi connectivity index (χ4n) is 19.4. The number of aliphatic hydroxyl groups is 2. The first kappa shape index (κ1) is 61.7. The molecule has 12 aliphatic rings. The quantitative estimate of drug-likeness (QED) is 0.0646. The van der Waals surface area contributed by atoms with Gasteiger partial charge in [-0.15, -0.1) is 0 Å². The third-order valence-corrected chi connectivity index (χ3v) is 23.4. The lowest BCUT2D eigenvalue weighted by Gasteiger charge is -2.38. The summed E-state index contributed by atoms with van der Waals surface area (Å²) in [6, 6.07) is 0. The fourth-order valence-corrected chi connectivity index (χ4v) is 19.4. The van der Waals surface area contributed by atoms with E-state index in [1.165, 1.54) is 101 Å². The number of hydrogen-bond acceptors (Lipinski definition) is 10. The van der Waals surface area contributed by atoms with Crippen LogP contribution >= 0.6 is 0 Å². The Morgan fingerprint density at radius 2 is 0.819 bits per heavy atom. The Kier molecular flexibility index (Phi) is 13.8. The Balaban J connectivity index is 0.000000155. The van der Waals surface area contributed by atoms with E-state index in [0.29, 0.717) is 56.8 Å². The van der Waals surface area contributed by atoms with Gasteiger partial charge in [-0.25, -0.2) is 0 Å². The van der Waals surface area contributed by atoms with Crippen molar-refractivity contribution in [2.45, 2.75) is 184 Å². The molecule has 4 aromatic heterocycles. The lowest BCUT2D eigenvalue weighted by molar-refractivity contribution is -0.839. The van der Waals surface area contributed by atoms with Crippen LogP contribution < -0.4 is 21.4 Å². The molecule has 8 atom stereocenters. The van der Waals surface area contributed by atoms with Gasteiger partial charge in [0.1, 0.15) is 0 Å². The van der Waals surface area contributed by atoms with E-state index in [0.717, 1.165) is 84.0 Å². The van der Waals surface area contributed by atoms with Crippen molar-refractivity contribution in [1.29, 1.82) is 0 Å². The number of methoxy groups -OCH3 is 4. The molecule has 0 aliphatic carbocycles. The predicted molar refractivity (Wildman–Crippen MR) is 356 cm³/mol. The number of rotatable bonds is 16. The highest BCUT2D eigenvalue weighted by Crippen LogP contribution is 2.56. The second-order valence-electron chi connectivity index (χ2n) is 28.6. The molecular formula is C76H88N8O10+4. The molecular weight excluding hydrogens is 1180 g/mol. The van der Waals surface area contributed by atoms with Crippen LogP contribution in [0.15, 0.2) is 57.2 Å². The zero-order chi connectivity index (χ0) is 66.9. The highest BCUT2D eigenvalue weighted by atomic mass is 16.5. The third kappa shape index (κ3) is 7.49. The monoisotopic (exact) mass is 1270 g/mol. The van der Waals surface area contributed by atoms with Gasteiger partial charge in [-0.3, -0.25) is 19.2 Å². The van der Waals surface area contributed by atoms with E-state index in [-0.39, 0.29) is 54.0 Å². The summed E-state index contributed by atoms with van der Waals surface area (Å²) in [6.07, 6.45) is 20.8. The number of nitrogens with zero attached hydrogens (tertiary/aromatic N) is 8. The summed E-state index contributed by atoms with van der Waals surface area (Å²) in [6.45, 7) is 30.5. The number of hydrogen-bond donors (Lipinski definition) is 2. The summed E-state index contributed by atoms with van der Waals surface area (Å²) in [5.74, 6) is -1.52. The summed E-state index contributed by atoms with van der Waals surface area (Å²) in [4.78, 5) is 50.0. The zero-order valence-electron chi connectivity index (χ0n) is 57.6. The van der Waals surface area contributed by atoms with Crippen molar-refractivity contribution in [3.63, 3.8) is 0 Å². The Morgan fingerprint density at radius 3 is 1.21 bits per heavy atom. The summed E-state index contributed by atoms with van der Waals surface area (Å²) in [7, 11) is 5.79. The maximum absolute atomic E-state index is 12.5. The second kappa shape index (κ2) is 21.0. The third-order valence-electron chi connectivity index (χ3n) is 23.4. The van der Waals surface area contributed by atoms with Crippen molar-refractivity contribution >= 4 is 83.2 Å². The molecule has 2 N–H and O–H groups in total. The fraction of sp³-hybridized carbons (Fsp3) is 0.474. The Hall–Kier alpha value is -8.48. The molecule has 0 radical (unpaired) electrons. The molecule has 0 aromatic carbocycles. The molecule has 488 valence electrons. The van der Waals surface area contributed by atoms with E-state index in [4.69, 9.17) is 18.9 Å². The number of aliphatic hydroxyl groups excluding tert-OH is 2. The number of carbonyl (C=O) groups excluding carboxylic acids is 4. The van der Waals surface area contributed by atoms with E-state index in [1.54, 1.807) is 0 Å². The highest BCUT2D eigenvalue weighted by molar-refractivity contribution is 6.21. The average molecular weight is 1270 g/mol. The molecule has 0 fully saturated rings. The highest BCUT2D eigenvalue weighted by Gasteiger charge is 2.76. The molecule has 18 heteroatoms. The minimum Gasteiger partial charge on any atom is -0.469 e. The van der Waals surface area contributed by atoms with Crippen LogP contribution in [-0.4, -0.2) is 122 Å². The second-order valence-corrected chi connectivity index (χ2v) is 28.6. The summed E-state index contributed by atoms with van der Waals surface area (Å²) >= 11 is 0. The molecule has 0 bridgehead atoms. The van der Waals surface area contributed by atoms with Crippen molar-refractivity contribution in [2.24, 2.45) is 23.7 Å². The van der Waals surface area contributed by atoms with Gasteiger partial charge < -0.3 is 29.2 Å². The van der Waals surface area contributed by atoms with Gasteiger partial charge in [0.2, 0.25) is 34.2 Å². The van der Waals surface area contributed by atoms with Crippen LogP contribution in [0.1, 0.15) is 212 Å². The Morgan fingerprint density at radius 1 is 0.447 bits per heavy atom. The topological polar surface area (TPSA) is 177 Å². The first-order valence-electron chi connectivity index (χ1n) is 33.8. The minimum atomic E-state index is -0.976. The van der Waals surface area contributed by atoms with Crippen molar-refractivity contribution in [3.05, 3.63) is 146 Å². The molecule has 94 heavy (non-hydrogen) atoms. The van der Waals surface area contributed by atoms with Crippen molar-refractivity contribution in [3.8, 4) is 0 Å². The molecule has 16 rings (SSSR count). The van der Waals surface area contributed by atoms with E-state index in [1.807, 2.05) is 13.8 Å². The van der Waals surface area contributed by atoms with Crippen LogP contribution in [-0.2, 0) is 49.9 Å². The summed E-state index contributed by atoms with van der Waals surface area (Å²) < 4.78 is 40.4. The standard InChI is InChI=1S/C39H46N4O4.C37H42N4O6/c1-19(2)37-23(7)29-15-27-21(5)25(11-13-35(44)46-9)31-18-32-26(12-14-36(45)47-10)22(6)28-16-33-38(20(3)4)24(8)30-17-34(37)42(29)39(40(27)31,41(28)32)43(30)33;1-17-23(9-11-33(44)46-7)29-16-30-24(10-12-34(45)47-8)18(2)26-14-31-36(22(6)43)20(4)28-15-32-35(21(5)42)19(3)27-13-25(17)38(29)37(39(26)30,40(27)32)41(28)31/h15-21,25H,11-14H2,1-10H3;13-17,21-23,42-43H,9-12H2,1-8H3/q2*+2. The van der Waals surface area contributed by atoms with Crippen molar-refractivity contribution in [1.82, 2.24) is 18.3 Å². The summed E-state index contributed by atoms with van der Waals surface area (Å²) in [5.41, 5.74) is 27.4. The van der Waals surface area contributed by atoms with Crippen LogP contribution in [0.5, 0.6) is 0 Å². The molecule has 0 saturated carbocycles. The zero-order valence-corrected chi connectivity index (χ0v) is 57.6. The average Bonchev–Trinajstić information content (AvgIpc) is 1.46. The van der Waals surface area contributed by atoms with Gasteiger partial charge in [0.25, 0.3) is 0 Å². The van der Waals surface area contributed by atoms with E-state index < -0.39 is 24.0 Å². The minimum absolute atomic E-state index is 0.0248. The molecule has 18 nitrogen and oxygen atoms in total. The lowest BCUT2D eigenvalue weighted by atomic mass is 9.85. The largest absolute Gasteiger partial charge is 0.553 e. The Bertz CT molecular complexity index is 4630. The van der Waals surface area contributed by atoms with Gasteiger partial charge in [0, 0.05) is 83.4 Å². The van der Waals surface area contributed by atoms with Crippen LogP contribution in [0, 0.1) is 51.4 Å². The maximum Gasteiger partial charge on any atom is 0.553 e.